The van der Waals surface area contributed by atoms with Gasteiger partial charge in [-0.2, -0.15) is 0 Å². The van der Waals surface area contributed by atoms with E-state index in [0.29, 0.717) is 11.0 Å². The molecule has 0 aliphatic carbocycles. The molecule has 6 heteroatoms. The molecule has 1 aliphatic heterocycles. The van der Waals surface area contributed by atoms with E-state index in [1.54, 1.807) is 7.05 Å². The summed E-state index contributed by atoms with van der Waals surface area (Å²) in [6.45, 7) is 3.66. The fraction of sp³-hybridized carbons (Fsp3) is 0.636. The summed E-state index contributed by atoms with van der Waals surface area (Å²) in [6, 6.07) is 0. The third kappa shape index (κ3) is 2.79. The molecule has 0 radical (unpaired) electrons. The number of nitrogens with zero attached hydrogens (tertiary/aromatic N) is 2. The second-order valence-corrected chi connectivity index (χ2v) is 4.75. The first-order valence-corrected chi connectivity index (χ1v) is 6.08. The predicted octanol–water partition coefficient (Wildman–Crippen LogP) is 2.15. The standard InChI is InChI=1S/C11H17ClN4O/c1-11(4-3-5-17-11)6-14-10-8(13-2)9(12)15-7-16-10/h7,13H,3-6H2,1-2H3,(H,14,15,16). The first-order chi connectivity index (χ1) is 8.14. The summed E-state index contributed by atoms with van der Waals surface area (Å²) >= 11 is 5.97. The Balaban J connectivity index is 2.06. The molecule has 0 spiro atoms. The van der Waals surface area contributed by atoms with Crippen molar-refractivity contribution in [2.45, 2.75) is 25.4 Å². The molecule has 1 atom stereocenters. The largest absolute Gasteiger partial charge is 0.383 e. The Labute approximate surface area is 106 Å². The highest BCUT2D eigenvalue weighted by Crippen LogP contribution is 2.28. The van der Waals surface area contributed by atoms with Gasteiger partial charge >= 0.3 is 0 Å². The lowest BCUT2D eigenvalue weighted by molar-refractivity contribution is 0.0315. The van der Waals surface area contributed by atoms with Gasteiger partial charge in [-0.3, -0.25) is 0 Å². The minimum Gasteiger partial charge on any atom is -0.383 e. The molecule has 1 aromatic rings. The van der Waals surface area contributed by atoms with Crippen molar-refractivity contribution in [1.82, 2.24) is 9.97 Å². The maximum Gasteiger partial charge on any atom is 0.157 e. The SMILES string of the molecule is CNc1c(Cl)ncnc1NCC1(C)CCCO1. The van der Waals surface area contributed by atoms with Gasteiger partial charge < -0.3 is 15.4 Å². The fourth-order valence-electron chi connectivity index (χ4n) is 1.97. The van der Waals surface area contributed by atoms with Gasteiger partial charge in [-0.15, -0.1) is 0 Å². The van der Waals surface area contributed by atoms with E-state index >= 15 is 0 Å². The van der Waals surface area contributed by atoms with Crippen LogP contribution in [0.25, 0.3) is 0 Å². The van der Waals surface area contributed by atoms with Crippen LogP contribution in [0.1, 0.15) is 19.8 Å². The monoisotopic (exact) mass is 256 g/mol. The van der Waals surface area contributed by atoms with E-state index in [1.165, 1.54) is 6.33 Å². The molecule has 1 aromatic heterocycles. The summed E-state index contributed by atoms with van der Waals surface area (Å²) in [5, 5.41) is 6.67. The number of rotatable bonds is 4. The summed E-state index contributed by atoms with van der Waals surface area (Å²) in [4.78, 5) is 8.11. The highest BCUT2D eigenvalue weighted by molar-refractivity contribution is 6.32. The van der Waals surface area contributed by atoms with Crippen molar-refractivity contribution in [3.8, 4) is 0 Å². The third-order valence-electron chi connectivity index (χ3n) is 2.98. The van der Waals surface area contributed by atoms with Crippen LogP contribution < -0.4 is 10.6 Å². The molecule has 1 fully saturated rings. The maximum absolute atomic E-state index is 5.97. The average molecular weight is 257 g/mol. The van der Waals surface area contributed by atoms with Crippen LogP contribution in [-0.2, 0) is 4.74 Å². The first kappa shape index (κ1) is 12.4. The molecule has 0 saturated carbocycles. The maximum atomic E-state index is 5.97. The van der Waals surface area contributed by atoms with E-state index in [1.807, 2.05) is 0 Å². The van der Waals surface area contributed by atoms with Crippen molar-refractivity contribution in [2.75, 3.05) is 30.8 Å². The average Bonchev–Trinajstić information content (AvgIpc) is 2.74. The van der Waals surface area contributed by atoms with E-state index in [-0.39, 0.29) is 5.60 Å². The number of hydrogen-bond acceptors (Lipinski definition) is 5. The zero-order valence-electron chi connectivity index (χ0n) is 10.1. The predicted molar refractivity (Wildman–Crippen MR) is 68.7 cm³/mol. The topological polar surface area (TPSA) is 59.1 Å². The van der Waals surface area contributed by atoms with E-state index in [4.69, 9.17) is 16.3 Å². The van der Waals surface area contributed by atoms with Crippen molar-refractivity contribution in [2.24, 2.45) is 0 Å². The van der Waals surface area contributed by atoms with Crippen molar-refractivity contribution < 1.29 is 4.74 Å². The van der Waals surface area contributed by atoms with Gasteiger partial charge in [0.15, 0.2) is 11.0 Å². The number of halogens is 1. The number of hydrogen-bond donors (Lipinski definition) is 2. The molecule has 1 unspecified atom stereocenters. The number of anilines is 2. The molecule has 2 rings (SSSR count). The molecule has 5 nitrogen and oxygen atoms in total. The normalized spacial score (nSPS) is 23.7. The highest BCUT2D eigenvalue weighted by atomic mass is 35.5. The van der Waals surface area contributed by atoms with Gasteiger partial charge in [-0.25, -0.2) is 9.97 Å². The van der Waals surface area contributed by atoms with Crippen LogP contribution >= 0.6 is 11.6 Å². The van der Waals surface area contributed by atoms with Crippen LogP contribution in [0.15, 0.2) is 6.33 Å². The summed E-state index contributed by atoms with van der Waals surface area (Å²) in [6.07, 6.45) is 3.62. The lowest BCUT2D eigenvalue weighted by Crippen LogP contribution is -2.33. The summed E-state index contributed by atoms with van der Waals surface area (Å²) in [7, 11) is 1.80. The zero-order chi connectivity index (χ0) is 12.3. The Kier molecular flexibility index (Phi) is 3.69. The van der Waals surface area contributed by atoms with Crippen molar-refractivity contribution in [1.29, 1.82) is 0 Å². The van der Waals surface area contributed by atoms with Gasteiger partial charge in [0.1, 0.15) is 12.0 Å². The van der Waals surface area contributed by atoms with E-state index in [9.17, 15) is 0 Å². The lowest BCUT2D eigenvalue weighted by atomic mass is 10.0. The molecule has 17 heavy (non-hydrogen) atoms. The molecular weight excluding hydrogens is 240 g/mol. The Morgan fingerprint density at radius 1 is 1.53 bits per heavy atom. The molecule has 1 aliphatic rings. The molecule has 0 amide bonds. The zero-order valence-corrected chi connectivity index (χ0v) is 10.8. The minimum absolute atomic E-state index is 0.109. The smallest absolute Gasteiger partial charge is 0.157 e. The molecule has 0 bridgehead atoms. The number of aromatic nitrogens is 2. The Morgan fingerprint density at radius 3 is 3.00 bits per heavy atom. The molecule has 0 aromatic carbocycles. The van der Waals surface area contributed by atoms with Gasteiger partial charge in [0.2, 0.25) is 0 Å². The Bertz CT molecular complexity index is 393. The third-order valence-corrected chi connectivity index (χ3v) is 3.27. The highest BCUT2D eigenvalue weighted by Gasteiger charge is 2.29. The second-order valence-electron chi connectivity index (χ2n) is 4.39. The van der Waals surface area contributed by atoms with Crippen molar-refractivity contribution >= 4 is 23.1 Å². The van der Waals surface area contributed by atoms with Crippen molar-refractivity contribution in [3.05, 3.63) is 11.5 Å². The van der Waals surface area contributed by atoms with Gasteiger partial charge in [0, 0.05) is 20.2 Å². The molecule has 2 heterocycles. The summed E-state index contributed by atoms with van der Waals surface area (Å²) < 4.78 is 5.71. The van der Waals surface area contributed by atoms with Crippen LogP contribution in [0.5, 0.6) is 0 Å². The van der Waals surface area contributed by atoms with Crippen LogP contribution in [0.4, 0.5) is 11.5 Å². The second kappa shape index (κ2) is 5.06. The minimum atomic E-state index is -0.109. The van der Waals surface area contributed by atoms with Crippen LogP contribution in [0, 0.1) is 0 Å². The van der Waals surface area contributed by atoms with Gasteiger partial charge in [0.05, 0.1) is 5.60 Å². The summed E-state index contributed by atoms with van der Waals surface area (Å²) in [5.74, 6) is 0.712. The van der Waals surface area contributed by atoms with Crippen molar-refractivity contribution in [3.63, 3.8) is 0 Å². The molecule has 94 valence electrons. The van der Waals surface area contributed by atoms with E-state index in [2.05, 4.69) is 27.5 Å². The Morgan fingerprint density at radius 2 is 2.35 bits per heavy atom. The van der Waals surface area contributed by atoms with Crippen LogP contribution in [-0.4, -0.2) is 35.8 Å². The van der Waals surface area contributed by atoms with Crippen LogP contribution in [0.2, 0.25) is 5.15 Å². The van der Waals surface area contributed by atoms with E-state index in [0.717, 1.165) is 31.7 Å². The van der Waals surface area contributed by atoms with Gasteiger partial charge in [-0.05, 0) is 19.8 Å². The first-order valence-electron chi connectivity index (χ1n) is 5.71. The number of nitrogens with one attached hydrogen (secondary N) is 2. The molecule has 1 saturated heterocycles. The Hall–Kier alpha value is -1.07. The lowest BCUT2D eigenvalue weighted by Gasteiger charge is -2.24. The van der Waals surface area contributed by atoms with Gasteiger partial charge in [-0.1, -0.05) is 11.6 Å². The number of ether oxygens (including phenoxy) is 1. The quantitative estimate of drug-likeness (QED) is 0.809. The van der Waals surface area contributed by atoms with Crippen LogP contribution in [0.3, 0.4) is 0 Å². The van der Waals surface area contributed by atoms with E-state index < -0.39 is 0 Å². The van der Waals surface area contributed by atoms with Gasteiger partial charge in [0.25, 0.3) is 0 Å². The fourth-order valence-corrected chi connectivity index (χ4v) is 2.19. The molecule has 2 N–H and O–H groups in total. The summed E-state index contributed by atoms with van der Waals surface area (Å²) in [5.41, 5.74) is 0.610. The molecular formula is C11H17ClN4O.